The number of anilines is 1. The van der Waals surface area contributed by atoms with Gasteiger partial charge in [-0.15, -0.1) is 0 Å². The van der Waals surface area contributed by atoms with Gasteiger partial charge < -0.3 is 10.2 Å². The fourth-order valence-corrected chi connectivity index (χ4v) is 6.09. The van der Waals surface area contributed by atoms with Crippen LogP contribution in [0.3, 0.4) is 0 Å². The highest BCUT2D eigenvalue weighted by atomic mass is 35.5. The van der Waals surface area contributed by atoms with E-state index in [1.165, 1.54) is 4.90 Å². The molecule has 0 spiro atoms. The molecular weight excluding hydrogens is 546 g/mol. The van der Waals surface area contributed by atoms with Crippen LogP contribution in [0.5, 0.6) is 0 Å². The van der Waals surface area contributed by atoms with E-state index >= 15 is 0 Å². The van der Waals surface area contributed by atoms with Crippen LogP contribution in [-0.2, 0) is 32.6 Å². The number of hydrogen-bond acceptors (Lipinski definition) is 4. The molecule has 1 saturated carbocycles. The molecule has 0 saturated heterocycles. The van der Waals surface area contributed by atoms with Crippen LogP contribution in [0.4, 0.5) is 5.69 Å². The Morgan fingerprint density at radius 3 is 2.20 bits per heavy atom. The number of sulfonamides is 1. The monoisotopic (exact) mass is 581 g/mol. The second-order valence-corrected chi connectivity index (χ2v) is 12.7. The van der Waals surface area contributed by atoms with Crippen molar-refractivity contribution in [3.05, 3.63) is 101 Å². The van der Waals surface area contributed by atoms with Crippen LogP contribution in [0.2, 0.25) is 5.02 Å². The number of amides is 2. The quantitative estimate of drug-likeness (QED) is 0.341. The van der Waals surface area contributed by atoms with Crippen molar-refractivity contribution in [1.29, 1.82) is 0 Å². The molecule has 0 radical (unpaired) electrons. The van der Waals surface area contributed by atoms with Crippen LogP contribution in [0, 0.1) is 6.92 Å². The Morgan fingerprint density at radius 1 is 0.950 bits per heavy atom. The van der Waals surface area contributed by atoms with Gasteiger partial charge in [0.15, 0.2) is 0 Å². The van der Waals surface area contributed by atoms with E-state index in [0.717, 1.165) is 52.9 Å². The summed E-state index contributed by atoms with van der Waals surface area (Å²) < 4.78 is 26.8. The molecule has 212 valence electrons. The highest BCUT2D eigenvalue weighted by Gasteiger charge is 2.34. The summed E-state index contributed by atoms with van der Waals surface area (Å²) in [4.78, 5) is 29.5. The van der Waals surface area contributed by atoms with E-state index in [-0.39, 0.29) is 18.5 Å². The lowest BCUT2D eigenvalue weighted by Crippen LogP contribution is -2.54. The van der Waals surface area contributed by atoms with Gasteiger partial charge in [-0.05, 0) is 60.7 Å². The first-order valence-corrected chi connectivity index (χ1v) is 15.8. The maximum atomic E-state index is 14.1. The number of benzene rings is 3. The Bertz CT molecular complexity index is 1410. The molecule has 3 aromatic rings. The maximum Gasteiger partial charge on any atom is 0.244 e. The summed E-state index contributed by atoms with van der Waals surface area (Å²) in [5.74, 6) is -0.693. The van der Waals surface area contributed by atoms with Gasteiger partial charge in [-0.25, -0.2) is 8.42 Å². The molecule has 1 aliphatic rings. The highest BCUT2D eigenvalue weighted by Crippen LogP contribution is 2.24. The summed E-state index contributed by atoms with van der Waals surface area (Å²) in [5, 5.41) is 3.63. The summed E-state index contributed by atoms with van der Waals surface area (Å²) >= 11 is 6.03. The molecule has 1 atom stereocenters. The van der Waals surface area contributed by atoms with E-state index in [1.807, 2.05) is 61.5 Å². The number of carbonyl (C=O) groups is 2. The predicted molar refractivity (Wildman–Crippen MR) is 160 cm³/mol. The number of rotatable bonds is 11. The molecule has 0 heterocycles. The van der Waals surface area contributed by atoms with Crippen molar-refractivity contribution in [1.82, 2.24) is 10.2 Å². The van der Waals surface area contributed by atoms with Gasteiger partial charge in [0.2, 0.25) is 21.8 Å². The zero-order valence-electron chi connectivity index (χ0n) is 22.9. The van der Waals surface area contributed by atoms with Crippen molar-refractivity contribution in [2.24, 2.45) is 0 Å². The second kappa shape index (κ2) is 13.3. The Labute approximate surface area is 242 Å². The topological polar surface area (TPSA) is 86.8 Å². The zero-order chi connectivity index (χ0) is 28.7. The van der Waals surface area contributed by atoms with Gasteiger partial charge in [0, 0.05) is 24.0 Å². The van der Waals surface area contributed by atoms with Crippen LogP contribution in [-0.4, -0.2) is 50.0 Å². The molecule has 0 bridgehead atoms. The fourth-order valence-electron chi connectivity index (χ4n) is 5.11. The minimum Gasteiger partial charge on any atom is -0.352 e. The Kier molecular flexibility index (Phi) is 9.87. The molecule has 4 rings (SSSR count). The second-order valence-electron chi connectivity index (χ2n) is 10.4. The van der Waals surface area contributed by atoms with Crippen molar-refractivity contribution in [3.63, 3.8) is 0 Å². The minimum atomic E-state index is -3.82. The van der Waals surface area contributed by atoms with E-state index in [0.29, 0.717) is 17.1 Å². The van der Waals surface area contributed by atoms with E-state index < -0.39 is 28.5 Å². The first-order valence-electron chi connectivity index (χ1n) is 13.5. The van der Waals surface area contributed by atoms with E-state index in [4.69, 9.17) is 11.6 Å². The fraction of sp³-hybridized carbons (Fsp3) is 0.355. The maximum absolute atomic E-state index is 14.1. The van der Waals surface area contributed by atoms with Crippen LogP contribution in [0.1, 0.15) is 42.4 Å². The van der Waals surface area contributed by atoms with Gasteiger partial charge in [0.05, 0.1) is 11.9 Å². The van der Waals surface area contributed by atoms with Crippen LogP contribution in [0.15, 0.2) is 78.9 Å². The summed E-state index contributed by atoms with van der Waals surface area (Å²) in [6.45, 7) is 1.67. The number of nitrogens with one attached hydrogen (secondary N) is 1. The third kappa shape index (κ3) is 7.86. The Balaban J connectivity index is 1.72. The third-order valence-electron chi connectivity index (χ3n) is 7.37. The smallest absolute Gasteiger partial charge is 0.244 e. The molecule has 2 amide bonds. The molecule has 3 aromatic carbocycles. The SMILES string of the molecule is Cc1ccccc1CN(C(=O)CN(c1ccc(Cl)cc1)S(C)(=O)=O)C(Cc1ccccc1)C(=O)NC1CCCC1. The molecule has 1 N–H and O–H groups in total. The lowest BCUT2D eigenvalue weighted by atomic mass is 10.0. The first kappa shape index (κ1) is 29.6. The normalized spacial score (nSPS) is 14.5. The van der Waals surface area contributed by atoms with E-state index in [2.05, 4.69) is 5.32 Å². The Hall–Kier alpha value is -3.36. The predicted octanol–water partition coefficient (Wildman–Crippen LogP) is 5.11. The molecule has 0 aliphatic heterocycles. The number of nitrogens with zero attached hydrogens (tertiary/aromatic N) is 2. The molecule has 1 fully saturated rings. The summed E-state index contributed by atoms with van der Waals surface area (Å²) in [6.07, 6.45) is 5.31. The highest BCUT2D eigenvalue weighted by molar-refractivity contribution is 7.92. The zero-order valence-corrected chi connectivity index (χ0v) is 24.5. The molecule has 7 nitrogen and oxygen atoms in total. The van der Waals surface area contributed by atoms with Gasteiger partial charge >= 0.3 is 0 Å². The van der Waals surface area contributed by atoms with Gasteiger partial charge in [-0.3, -0.25) is 13.9 Å². The molecule has 0 aromatic heterocycles. The van der Waals surface area contributed by atoms with Crippen molar-refractivity contribution >= 4 is 39.1 Å². The summed E-state index contributed by atoms with van der Waals surface area (Å²) in [7, 11) is -3.82. The average molecular weight is 582 g/mol. The van der Waals surface area contributed by atoms with E-state index in [1.54, 1.807) is 24.3 Å². The van der Waals surface area contributed by atoms with Crippen LogP contribution in [0.25, 0.3) is 0 Å². The largest absolute Gasteiger partial charge is 0.352 e. The van der Waals surface area contributed by atoms with Gasteiger partial charge in [0.1, 0.15) is 12.6 Å². The van der Waals surface area contributed by atoms with Crippen molar-refractivity contribution < 1.29 is 18.0 Å². The minimum absolute atomic E-state index is 0.0720. The number of hydrogen-bond donors (Lipinski definition) is 1. The standard InChI is InChI=1S/C31H36ClN3O4S/c1-23-10-6-7-13-25(23)21-34(30(36)22-35(40(2,38)39)28-18-16-26(32)17-19-28)29(20-24-11-4-3-5-12-24)31(37)33-27-14-8-9-15-27/h3-7,10-13,16-19,27,29H,8-9,14-15,20-22H2,1-2H3,(H,33,37). The molecule has 1 aliphatic carbocycles. The average Bonchev–Trinajstić information content (AvgIpc) is 3.44. The number of carbonyl (C=O) groups excluding carboxylic acids is 2. The summed E-state index contributed by atoms with van der Waals surface area (Å²) in [6, 6.07) is 22.8. The number of aryl methyl sites for hydroxylation is 1. The molecule has 9 heteroatoms. The van der Waals surface area contributed by atoms with Crippen molar-refractivity contribution in [2.75, 3.05) is 17.1 Å². The van der Waals surface area contributed by atoms with Crippen LogP contribution >= 0.6 is 11.6 Å². The van der Waals surface area contributed by atoms with Gasteiger partial charge in [-0.2, -0.15) is 0 Å². The van der Waals surface area contributed by atoms with Crippen molar-refractivity contribution in [2.45, 2.75) is 57.7 Å². The third-order valence-corrected chi connectivity index (χ3v) is 8.76. The Morgan fingerprint density at radius 2 is 1.57 bits per heavy atom. The van der Waals surface area contributed by atoms with Gasteiger partial charge in [0.25, 0.3) is 0 Å². The van der Waals surface area contributed by atoms with E-state index in [9.17, 15) is 18.0 Å². The van der Waals surface area contributed by atoms with Crippen molar-refractivity contribution in [3.8, 4) is 0 Å². The molecular formula is C31H36ClN3O4S. The lowest BCUT2D eigenvalue weighted by molar-refractivity contribution is -0.140. The molecule has 1 unspecified atom stereocenters. The van der Waals surface area contributed by atoms with Crippen LogP contribution < -0.4 is 9.62 Å². The van der Waals surface area contributed by atoms with Gasteiger partial charge in [-0.1, -0.05) is 79.0 Å². The molecule has 40 heavy (non-hydrogen) atoms. The lowest BCUT2D eigenvalue weighted by Gasteiger charge is -2.34. The number of halogens is 1. The first-order chi connectivity index (χ1) is 19.1. The summed E-state index contributed by atoms with van der Waals surface area (Å²) in [5.41, 5.74) is 3.10.